The lowest BCUT2D eigenvalue weighted by Crippen LogP contribution is -2.59. The molecule has 2 bridgehead atoms. The second kappa shape index (κ2) is 20.2. The van der Waals surface area contributed by atoms with Crippen LogP contribution >= 0.6 is 11.8 Å². The molecule has 0 aromatic heterocycles. The van der Waals surface area contributed by atoms with Crippen molar-refractivity contribution in [1.29, 1.82) is 0 Å². The van der Waals surface area contributed by atoms with Crippen LogP contribution < -0.4 is 10.1 Å². The van der Waals surface area contributed by atoms with E-state index in [2.05, 4.69) is 5.32 Å². The topological polar surface area (TPSA) is 158 Å². The van der Waals surface area contributed by atoms with Gasteiger partial charge in [-0.15, -0.1) is 11.8 Å². The summed E-state index contributed by atoms with van der Waals surface area (Å²) in [6.07, 6.45) is 2.92. The van der Waals surface area contributed by atoms with Crippen LogP contribution in [0.3, 0.4) is 0 Å². The fourth-order valence-corrected chi connectivity index (χ4v) is 9.05. The third-order valence-electron chi connectivity index (χ3n) is 11.7. The number of cyclic esters (lactones) is 1. The van der Waals surface area contributed by atoms with Gasteiger partial charge in [-0.25, -0.2) is 4.79 Å². The fourth-order valence-electron chi connectivity index (χ4n) is 7.91. The lowest BCUT2D eigenvalue weighted by molar-refractivity contribution is -0.163. The quantitative estimate of drug-likeness (QED) is 0.409. The van der Waals surface area contributed by atoms with E-state index in [-0.39, 0.29) is 42.0 Å². The molecule has 0 aliphatic carbocycles. The second-order valence-corrected chi connectivity index (χ2v) is 17.9. The van der Waals surface area contributed by atoms with E-state index >= 15 is 0 Å². The maximum atomic E-state index is 14.4. The third-order valence-corrected chi connectivity index (χ3v) is 13.0. The summed E-state index contributed by atoms with van der Waals surface area (Å²) in [5.41, 5.74) is 1.17. The summed E-state index contributed by atoms with van der Waals surface area (Å²) in [7, 11) is 4.64. The number of methoxy groups -OCH3 is 1. The number of amides is 4. The van der Waals surface area contributed by atoms with Crippen molar-refractivity contribution in [2.45, 2.75) is 130 Å². The number of aliphatic hydroxyl groups is 1. The smallest absolute Gasteiger partial charge is 0.329 e. The molecule has 316 valence electrons. The number of aliphatic hydroxyl groups excluding tert-OH is 1. The number of ether oxygens (including phenoxy) is 2. The number of carbonyl (C=O) groups excluding carboxylic acids is 5. The molecule has 3 aliphatic rings. The van der Waals surface area contributed by atoms with Gasteiger partial charge in [-0.1, -0.05) is 59.8 Å². The number of esters is 1. The van der Waals surface area contributed by atoms with E-state index in [0.29, 0.717) is 49.3 Å². The van der Waals surface area contributed by atoms with Crippen molar-refractivity contribution in [1.82, 2.24) is 20.0 Å². The molecule has 9 atom stereocenters. The number of aliphatic imine (C=N–C) groups is 1. The van der Waals surface area contributed by atoms with E-state index in [1.54, 1.807) is 62.9 Å². The first-order chi connectivity index (χ1) is 26.8. The standard InChI is InChI=1S/C43H65N5O8S/c1-24(2)36-20-26(5)19-35(49)28(7)39-44-31(23-57-39)21-27(6)38(50)45-33(22-30-14-16-32(55-11)17-15-30)41(52)46(9)29(8)40(51)47(10)37(25(3)4)42(53)48-18-12-13-34(48)43(54)56-36/h14-17,21,24-26,28-29,31,33-37,49H,12-13,18-20,22-23H2,1-11H3,(H,45,50). The summed E-state index contributed by atoms with van der Waals surface area (Å²) < 4.78 is 11.5. The Hall–Kier alpha value is -3.91. The highest BCUT2D eigenvalue weighted by Gasteiger charge is 2.43. The highest BCUT2D eigenvalue weighted by molar-refractivity contribution is 8.14. The number of fused-ring (bicyclic) bond motifs is 2. The van der Waals surface area contributed by atoms with Gasteiger partial charge in [-0.2, -0.15) is 0 Å². The number of likely N-dealkylation sites (N-methyl/N-ethyl adjacent to an activating group) is 2. The van der Waals surface area contributed by atoms with Crippen LogP contribution in [0.1, 0.15) is 86.6 Å². The average Bonchev–Trinajstić information content (AvgIpc) is 3.86. The van der Waals surface area contributed by atoms with Crippen molar-refractivity contribution >= 4 is 46.4 Å². The molecule has 2 N–H and O–H groups in total. The van der Waals surface area contributed by atoms with Crippen molar-refractivity contribution in [2.24, 2.45) is 28.7 Å². The van der Waals surface area contributed by atoms with E-state index in [9.17, 15) is 29.1 Å². The lowest BCUT2D eigenvalue weighted by atomic mass is 9.89. The first kappa shape index (κ1) is 45.8. The molecule has 13 nitrogen and oxygen atoms in total. The van der Waals surface area contributed by atoms with E-state index in [0.717, 1.165) is 10.6 Å². The van der Waals surface area contributed by atoms with Crippen LogP contribution in [0.2, 0.25) is 0 Å². The molecule has 9 unspecified atom stereocenters. The fraction of sp³-hybridized carbons (Fsp3) is 0.674. The van der Waals surface area contributed by atoms with Gasteiger partial charge in [0.05, 0.1) is 24.3 Å². The van der Waals surface area contributed by atoms with Crippen molar-refractivity contribution in [2.75, 3.05) is 33.5 Å². The zero-order chi connectivity index (χ0) is 42.3. The van der Waals surface area contributed by atoms with Gasteiger partial charge < -0.3 is 34.6 Å². The van der Waals surface area contributed by atoms with Gasteiger partial charge in [0.2, 0.25) is 23.6 Å². The first-order valence-corrected chi connectivity index (χ1v) is 21.4. The number of thioether (sulfide) groups is 1. The van der Waals surface area contributed by atoms with Gasteiger partial charge in [-0.05, 0) is 75.0 Å². The predicted molar refractivity (Wildman–Crippen MR) is 223 cm³/mol. The van der Waals surface area contributed by atoms with Crippen LogP contribution in [0.25, 0.3) is 0 Å². The molecule has 4 amide bonds. The van der Waals surface area contributed by atoms with Gasteiger partial charge in [0.15, 0.2) is 0 Å². The van der Waals surface area contributed by atoms with Crippen LogP contribution in [-0.2, 0) is 35.1 Å². The molecule has 0 radical (unpaired) electrons. The number of carbonyl (C=O) groups is 5. The van der Waals surface area contributed by atoms with Crippen LogP contribution in [0, 0.1) is 23.7 Å². The van der Waals surface area contributed by atoms with Crippen LogP contribution in [-0.4, -0.2) is 130 Å². The molecule has 3 aliphatic heterocycles. The summed E-state index contributed by atoms with van der Waals surface area (Å²) in [6, 6.07) is 3.19. The number of benzene rings is 1. The van der Waals surface area contributed by atoms with Crippen LogP contribution in [0.5, 0.6) is 5.75 Å². The number of nitrogens with zero attached hydrogens (tertiary/aromatic N) is 4. The normalized spacial score (nSPS) is 30.7. The number of rotatable bonds is 5. The van der Waals surface area contributed by atoms with Crippen LogP contribution in [0.4, 0.5) is 0 Å². The molecule has 1 aromatic rings. The molecular weight excluding hydrogens is 747 g/mol. The van der Waals surface area contributed by atoms with Crippen molar-refractivity contribution in [3.63, 3.8) is 0 Å². The summed E-state index contributed by atoms with van der Waals surface area (Å²) in [5.74, 6) is -1.44. The van der Waals surface area contributed by atoms with Gasteiger partial charge in [0.25, 0.3) is 0 Å². The molecule has 1 fully saturated rings. The van der Waals surface area contributed by atoms with E-state index in [1.807, 2.05) is 53.7 Å². The molecule has 14 heteroatoms. The number of nitrogens with one attached hydrogen (secondary N) is 1. The maximum Gasteiger partial charge on any atom is 0.329 e. The van der Waals surface area contributed by atoms with Gasteiger partial charge in [-0.3, -0.25) is 24.2 Å². The summed E-state index contributed by atoms with van der Waals surface area (Å²) >= 11 is 1.56. The Morgan fingerprint density at radius 2 is 1.61 bits per heavy atom. The molecule has 1 aromatic carbocycles. The molecule has 1 saturated heterocycles. The minimum atomic E-state index is -1.03. The van der Waals surface area contributed by atoms with E-state index < -0.39 is 60.1 Å². The highest BCUT2D eigenvalue weighted by atomic mass is 32.2. The first-order valence-electron chi connectivity index (χ1n) is 20.4. The largest absolute Gasteiger partial charge is 0.497 e. The van der Waals surface area contributed by atoms with Crippen LogP contribution in [0.15, 0.2) is 40.9 Å². The third kappa shape index (κ3) is 11.4. The summed E-state index contributed by atoms with van der Waals surface area (Å²) in [5, 5.41) is 15.1. The molecule has 0 spiro atoms. The van der Waals surface area contributed by atoms with Crippen molar-refractivity contribution in [3.8, 4) is 5.75 Å². The Morgan fingerprint density at radius 3 is 2.23 bits per heavy atom. The Bertz CT molecular complexity index is 1660. The zero-order valence-electron chi connectivity index (χ0n) is 35.7. The van der Waals surface area contributed by atoms with Crippen molar-refractivity contribution < 1.29 is 38.6 Å². The van der Waals surface area contributed by atoms with Gasteiger partial charge in [0.1, 0.15) is 36.0 Å². The maximum absolute atomic E-state index is 14.4. The van der Waals surface area contributed by atoms with Crippen molar-refractivity contribution in [3.05, 3.63) is 41.5 Å². The monoisotopic (exact) mass is 811 g/mol. The molecule has 3 heterocycles. The molecular formula is C43H65N5O8S. The summed E-state index contributed by atoms with van der Waals surface area (Å²) in [6.45, 7) is 15.3. The highest BCUT2D eigenvalue weighted by Crippen LogP contribution is 2.31. The van der Waals surface area contributed by atoms with Gasteiger partial charge >= 0.3 is 5.97 Å². The minimum Gasteiger partial charge on any atom is -0.497 e. The number of hydrogen-bond donors (Lipinski definition) is 2. The Balaban J connectivity index is 1.71. The zero-order valence-corrected chi connectivity index (χ0v) is 36.5. The Morgan fingerprint density at radius 1 is 0.947 bits per heavy atom. The second-order valence-electron chi connectivity index (χ2n) is 16.9. The average molecular weight is 812 g/mol. The minimum absolute atomic E-state index is 0.00562. The lowest BCUT2D eigenvalue weighted by Gasteiger charge is -2.38. The Labute approximate surface area is 343 Å². The summed E-state index contributed by atoms with van der Waals surface area (Å²) in [4.78, 5) is 79.6. The molecule has 4 rings (SSSR count). The SMILES string of the molecule is COc1ccc(CC2NC(=O)C(C)=CC3CSC(=N3)C(C)C(O)CC(C)CC(C(C)C)OC(=O)C3CCCN3C(=O)C(C(C)C)N(C)C(=O)C(C)N(C)C2=O)cc1. The number of hydrogen-bond acceptors (Lipinski definition) is 10. The Kier molecular flexibility index (Phi) is 16.2. The van der Waals surface area contributed by atoms with E-state index in [1.165, 1.54) is 16.8 Å². The molecule has 0 saturated carbocycles. The predicted octanol–water partition coefficient (Wildman–Crippen LogP) is 4.50. The molecule has 57 heavy (non-hydrogen) atoms. The van der Waals surface area contributed by atoms with E-state index in [4.69, 9.17) is 14.5 Å². The van der Waals surface area contributed by atoms with Gasteiger partial charge in [0, 0.05) is 44.3 Å².